The summed E-state index contributed by atoms with van der Waals surface area (Å²) < 4.78 is 0.722. The molecule has 0 aliphatic heterocycles. The Hall–Kier alpha value is -1.36. The van der Waals surface area contributed by atoms with E-state index in [2.05, 4.69) is 21.2 Å². The van der Waals surface area contributed by atoms with Crippen LogP contribution in [0.1, 0.15) is 38.1 Å². The molecule has 1 atom stereocenters. The highest BCUT2D eigenvalue weighted by Gasteiger charge is 2.28. The van der Waals surface area contributed by atoms with Gasteiger partial charge in [0.25, 0.3) is 5.91 Å². The zero-order valence-corrected chi connectivity index (χ0v) is 14.6. The fourth-order valence-electron chi connectivity index (χ4n) is 2.11. The Kier molecular flexibility index (Phi) is 6.89. The van der Waals surface area contributed by atoms with Crippen molar-refractivity contribution in [3.05, 3.63) is 34.3 Å². The predicted molar refractivity (Wildman–Crippen MR) is 88.2 cm³/mol. The summed E-state index contributed by atoms with van der Waals surface area (Å²) in [6.45, 7) is 9.04. The van der Waals surface area contributed by atoms with E-state index in [1.54, 1.807) is 17.0 Å². The van der Waals surface area contributed by atoms with Crippen molar-refractivity contribution in [2.45, 2.75) is 33.7 Å². The van der Waals surface area contributed by atoms with Crippen LogP contribution in [0, 0.1) is 5.92 Å². The fourth-order valence-corrected chi connectivity index (χ4v) is 2.57. The van der Waals surface area contributed by atoms with Crippen LogP contribution in [0.25, 0.3) is 0 Å². The molecule has 0 aliphatic carbocycles. The van der Waals surface area contributed by atoms with Crippen LogP contribution in [0.5, 0.6) is 0 Å². The van der Waals surface area contributed by atoms with Crippen molar-refractivity contribution in [3.63, 3.8) is 0 Å². The highest BCUT2D eigenvalue weighted by molar-refractivity contribution is 9.10. The maximum absolute atomic E-state index is 12.5. The second-order valence-corrected chi connectivity index (χ2v) is 6.04. The SMILES string of the molecule is CCN(CC)C(=O)C(NC(=O)c1ccccc1Br)C(C)C. The maximum Gasteiger partial charge on any atom is 0.253 e. The smallest absolute Gasteiger partial charge is 0.253 e. The van der Waals surface area contributed by atoms with Gasteiger partial charge >= 0.3 is 0 Å². The highest BCUT2D eigenvalue weighted by atomic mass is 79.9. The first kappa shape index (κ1) is 17.7. The van der Waals surface area contributed by atoms with E-state index in [1.165, 1.54) is 0 Å². The molecule has 1 aromatic carbocycles. The molecule has 5 heteroatoms. The van der Waals surface area contributed by atoms with Crippen molar-refractivity contribution in [3.8, 4) is 0 Å². The number of carbonyl (C=O) groups excluding carboxylic acids is 2. The van der Waals surface area contributed by atoms with Crippen LogP contribution >= 0.6 is 15.9 Å². The molecule has 0 spiro atoms. The molecular formula is C16H23BrN2O2. The molecule has 1 unspecified atom stereocenters. The Morgan fingerprint density at radius 2 is 1.76 bits per heavy atom. The molecule has 0 saturated carbocycles. The number of rotatable bonds is 6. The topological polar surface area (TPSA) is 49.4 Å². The van der Waals surface area contributed by atoms with Gasteiger partial charge in [0.1, 0.15) is 6.04 Å². The lowest BCUT2D eigenvalue weighted by Gasteiger charge is -2.28. The van der Waals surface area contributed by atoms with Gasteiger partial charge in [-0.2, -0.15) is 0 Å². The van der Waals surface area contributed by atoms with Crippen LogP contribution in [0.15, 0.2) is 28.7 Å². The number of likely N-dealkylation sites (N-methyl/N-ethyl adjacent to an activating group) is 1. The lowest BCUT2D eigenvalue weighted by Crippen LogP contribution is -2.51. The zero-order valence-electron chi connectivity index (χ0n) is 13.0. The van der Waals surface area contributed by atoms with Crippen molar-refractivity contribution in [2.24, 2.45) is 5.92 Å². The third-order valence-corrected chi connectivity index (χ3v) is 4.10. The molecule has 0 fully saturated rings. The van der Waals surface area contributed by atoms with Crippen LogP contribution in [-0.2, 0) is 4.79 Å². The summed E-state index contributed by atoms with van der Waals surface area (Å²) in [5.74, 6) is -0.235. The first-order valence-corrected chi connectivity index (χ1v) is 8.05. The van der Waals surface area contributed by atoms with Gasteiger partial charge in [-0.15, -0.1) is 0 Å². The Morgan fingerprint density at radius 3 is 2.24 bits per heavy atom. The Morgan fingerprint density at radius 1 is 1.19 bits per heavy atom. The van der Waals surface area contributed by atoms with E-state index in [9.17, 15) is 9.59 Å². The molecule has 1 N–H and O–H groups in total. The minimum atomic E-state index is -0.510. The largest absolute Gasteiger partial charge is 0.341 e. The predicted octanol–water partition coefficient (Wildman–Crippen LogP) is 3.07. The molecule has 0 saturated heterocycles. The van der Waals surface area contributed by atoms with E-state index in [4.69, 9.17) is 0 Å². The number of nitrogens with one attached hydrogen (secondary N) is 1. The number of hydrogen-bond acceptors (Lipinski definition) is 2. The Balaban J connectivity index is 2.91. The maximum atomic E-state index is 12.5. The summed E-state index contributed by atoms with van der Waals surface area (Å²) in [4.78, 5) is 26.6. The molecule has 0 radical (unpaired) electrons. The fraction of sp³-hybridized carbons (Fsp3) is 0.500. The second kappa shape index (κ2) is 8.17. The van der Waals surface area contributed by atoms with Crippen molar-refractivity contribution >= 4 is 27.7 Å². The van der Waals surface area contributed by atoms with Gasteiger partial charge in [-0.05, 0) is 47.8 Å². The Bertz CT molecular complexity index is 499. The lowest BCUT2D eigenvalue weighted by atomic mass is 10.0. The number of nitrogens with zero attached hydrogens (tertiary/aromatic N) is 1. The standard InChI is InChI=1S/C16H23BrN2O2/c1-5-19(6-2)16(21)14(11(3)4)18-15(20)12-9-7-8-10-13(12)17/h7-11,14H,5-6H2,1-4H3,(H,18,20). The number of amides is 2. The van der Waals surface area contributed by atoms with Gasteiger partial charge in [0.15, 0.2) is 0 Å². The van der Waals surface area contributed by atoms with E-state index in [-0.39, 0.29) is 17.7 Å². The molecule has 116 valence electrons. The van der Waals surface area contributed by atoms with Gasteiger partial charge in [0.05, 0.1) is 5.56 Å². The molecule has 0 aliphatic rings. The summed E-state index contributed by atoms with van der Waals surface area (Å²) in [5, 5.41) is 2.86. The van der Waals surface area contributed by atoms with Gasteiger partial charge in [0.2, 0.25) is 5.91 Å². The number of carbonyl (C=O) groups is 2. The normalized spacial score (nSPS) is 12.1. The molecule has 0 bridgehead atoms. The number of hydrogen-bond donors (Lipinski definition) is 1. The summed E-state index contributed by atoms with van der Waals surface area (Å²) in [7, 11) is 0. The van der Waals surface area contributed by atoms with Crippen molar-refractivity contribution in [2.75, 3.05) is 13.1 Å². The number of benzene rings is 1. The van der Waals surface area contributed by atoms with Crippen molar-refractivity contribution in [1.29, 1.82) is 0 Å². The molecule has 0 heterocycles. The van der Waals surface area contributed by atoms with Crippen molar-refractivity contribution in [1.82, 2.24) is 10.2 Å². The molecule has 1 rings (SSSR count). The van der Waals surface area contributed by atoms with Crippen LogP contribution < -0.4 is 5.32 Å². The monoisotopic (exact) mass is 354 g/mol. The van der Waals surface area contributed by atoms with Gasteiger partial charge in [-0.1, -0.05) is 26.0 Å². The lowest BCUT2D eigenvalue weighted by molar-refractivity contribution is -0.133. The van der Waals surface area contributed by atoms with E-state index in [0.717, 1.165) is 4.47 Å². The summed E-state index contributed by atoms with van der Waals surface area (Å²) in [5.41, 5.74) is 0.537. The molecule has 1 aromatic rings. The van der Waals surface area contributed by atoms with Crippen LogP contribution in [0.3, 0.4) is 0 Å². The first-order chi connectivity index (χ1) is 9.92. The summed E-state index contributed by atoms with van der Waals surface area (Å²) in [6, 6.07) is 6.69. The van der Waals surface area contributed by atoms with Gasteiger partial charge in [-0.3, -0.25) is 9.59 Å². The van der Waals surface area contributed by atoms with Crippen molar-refractivity contribution < 1.29 is 9.59 Å². The second-order valence-electron chi connectivity index (χ2n) is 5.19. The third-order valence-electron chi connectivity index (χ3n) is 3.41. The minimum Gasteiger partial charge on any atom is -0.341 e. The zero-order chi connectivity index (χ0) is 16.0. The highest BCUT2D eigenvalue weighted by Crippen LogP contribution is 2.16. The third kappa shape index (κ3) is 4.56. The molecular weight excluding hydrogens is 332 g/mol. The summed E-state index contributed by atoms with van der Waals surface area (Å²) >= 11 is 3.36. The quantitative estimate of drug-likeness (QED) is 0.853. The van der Waals surface area contributed by atoms with E-state index in [1.807, 2.05) is 39.8 Å². The molecule has 4 nitrogen and oxygen atoms in total. The van der Waals surface area contributed by atoms with Gasteiger partial charge < -0.3 is 10.2 Å². The van der Waals surface area contributed by atoms with Crippen LogP contribution in [0.4, 0.5) is 0 Å². The van der Waals surface area contributed by atoms with E-state index >= 15 is 0 Å². The van der Waals surface area contributed by atoms with Gasteiger partial charge in [-0.25, -0.2) is 0 Å². The van der Waals surface area contributed by atoms with Crippen LogP contribution in [0.2, 0.25) is 0 Å². The molecule has 21 heavy (non-hydrogen) atoms. The minimum absolute atomic E-state index is 0.0320. The molecule has 0 aromatic heterocycles. The molecule has 2 amide bonds. The summed E-state index contributed by atoms with van der Waals surface area (Å²) in [6.07, 6.45) is 0. The first-order valence-electron chi connectivity index (χ1n) is 7.26. The van der Waals surface area contributed by atoms with Gasteiger partial charge in [0, 0.05) is 17.6 Å². The average molecular weight is 355 g/mol. The number of halogens is 1. The van der Waals surface area contributed by atoms with E-state index < -0.39 is 6.04 Å². The average Bonchev–Trinajstić information content (AvgIpc) is 2.45. The Labute approximate surface area is 135 Å². The van der Waals surface area contributed by atoms with E-state index in [0.29, 0.717) is 18.7 Å². The van der Waals surface area contributed by atoms with Crippen LogP contribution in [-0.4, -0.2) is 35.8 Å².